The highest BCUT2D eigenvalue weighted by Crippen LogP contribution is 2.24. The van der Waals surface area contributed by atoms with Gasteiger partial charge in [0.25, 0.3) is 0 Å². The average Bonchev–Trinajstić information content (AvgIpc) is 2.44. The van der Waals surface area contributed by atoms with Crippen LogP contribution in [0.3, 0.4) is 0 Å². The van der Waals surface area contributed by atoms with Gasteiger partial charge in [-0.05, 0) is 49.0 Å². The smallest absolute Gasteiger partial charge is 0.175 e. The van der Waals surface area contributed by atoms with Crippen molar-refractivity contribution in [2.75, 3.05) is 17.7 Å². The molecule has 2 aromatic carbocycles. The van der Waals surface area contributed by atoms with E-state index in [1.807, 2.05) is 19.1 Å². The van der Waals surface area contributed by atoms with Crippen molar-refractivity contribution >= 4 is 40.3 Å². The molecule has 2 rings (SSSR count). The normalized spacial score (nSPS) is 10.1. The van der Waals surface area contributed by atoms with Gasteiger partial charge in [0.1, 0.15) is 0 Å². The first-order valence-electron chi connectivity index (χ1n) is 6.18. The lowest BCUT2D eigenvalue weighted by Gasteiger charge is -2.13. The molecule has 0 spiro atoms. The molecule has 0 saturated heterocycles. The molecule has 0 aliphatic carbocycles. The van der Waals surface area contributed by atoms with E-state index in [1.165, 1.54) is 19.2 Å². The molecule has 0 saturated carbocycles. The molecule has 2 N–H and O–H groups in total. The molecule has 0 fully saturated rings. The minimum Gasteiger partial charge on any atom is -0.494 e. The van der Waals surface area contributed by atoms with Crippen molar-refractivity contribution in [2.24, 2.45) is 0 Å². The predicted molar refractivity (Wildman–Crippen MR) is 89.0 cm³/mol. The Balaban J connectivity index is 2.08. The maximum absolute atomic E-state index is 13.6. The van der Waals surface area contributed by atoms with Crippen LogP contribution in [0.2, 0.25) is 5.02 Å². The first kappa shape index (κ1) is 15.5. The van der Waals surface area contributed by atoms with E-state index in [1.54, 1.807) is 12.1 Å². The number of methoxy groups -OCH3 is 1. The second-order valence-electron chi connectivity index (χ2n) is 4.34. The van der Waals surface area contributed by atoms with Crippen LogP contribution in [0.5, 0.6) is 5.75 Å². The number of anilines is 2. The standard InChI is InChI=1S/C15H14ClFN2OS/c1-9-11(16)4-3-5-13(9)19-15(21)18-10-6-7-14(20-2)12(17)8-10/h3-8H,1-2H3,(H2,18,19,21). The van der Waals surface area contributed by atoms with Gasteiger partial charge in [-0.2, -0.15) is 0 Å². The highest BCUT2D eigenvalue weighted by Gasteiger charge is 2.07. The summed E-state index contributed by atoms with van der Waals surface area (Å²) in [4.78, 5) is 0. The van der Waals surface area contributed by atoms with Crippen LogP contribution < -0.4 is 15.4 Å². The molecule has 21 heavy (non-hydrogen) atoms. The first-order chi connectivity index (χ1) is 10.0. The molecule has 0 radical (unpaired) electrons. The second kappa shape index (κ2) is 6.74. The summed E-state index contributed by atoms with van der Waals surface area (Å²) in [6, 6.07) is 10.0. The monoisotopic (exact) mass is 324 g/mol. The number of benzene rings is 2. The van der Waals surface area contributed by atoms with Crippen molar-refractivity contribution in [3.8, 4) is 5.75 Å². The minimum absolute atomic E-state index is 0.185. The van der Waals surface area contributed by atoms with Crippen LogP contribution in [0.4, 0.5) is 15.8 Å². The zero-order valence-corrected chi connectivity index (χ0v) is 13.1. The Morgan fingerprint density at radius 1 is 1.24 bits per heavy atom. The molecule has 0 aliphatic rings. The van der Waals surface area contributed by atoms with E-state index < -0.39 is 5.82 Å². The van der Waals surface area contributed by atoms with Crippen LogP contribution in [-0.4, -0.2) is 12.2 Å². The number of hydrogen-bond acceptors (Lipinski definition) is 2. The first-order valence-corrected chi connectivity index (χ1v) is 6.96. The van der Waals surface area contributed by atoms with Crippen molar-refractivity contribution < 1.29 is 9.13 Å². The molecule has 6 heteroatoms. The fourth-order valence-electron chi connectivity index (χ4n) is 1.77. The Hall–Kier alpha value is -1.85. The number of halogens is 2. The van der Waals surface area contributed by atoms with Crippen molar-refractivity contribution in [1.29, 1.82) is 0 Å². The Morgan fingerprint density at radius 2 is 2.00 bits per heavy atom. The van der Waals surface area contributed by atoms with E-state index in [0.29, 0.717) is 15.8 Å². The molecule has 0 unspecified atom stereocenters. The van der Waals surface area contributed by atoms with Crippen LogP contribution in [-0.2, 0) is 0 Å². The zero-order chi connectivity index (χ0) is 15.4. The molecule has 3 nitrogen and oxygen atoms in total. The molecule has 0 bridgehead atoms. The maximum atomic E-state index is 13.6. The van der Waals surface area contributed by atoms with Gasteiger partial charge >= 0.3 is 0 Å². The summed E-state index contributed by atoms with van der Waals surface area (Å²) < 4.78 is 18.5. The molecule has 0 atom stereocenters. The van der Waals surface area contributed by atoms with Crippen molar-refractivity contribution in [3.05, 3.63) is 52.8 Å². The van der Waals surface area contributed by atoms with E-state index in [2.05, 4.69) is 10.6 Å². The lowest BCUT2D eigenvalue weighted by atomic mass is 10.2. The quantitative estimate of drug-likeness (QED) is 0.808. The van der Waals surface area contributed by atoms with Crippen LogP contribution >= 0.6 is 23.8 Å². The number of ether oxygens (including phenoxy) is 1. The van der Waals surface area contributed by atoms with Gasteiger partial charge in [0.15, 0.2) is 16.7 Å². The molecule has 110 valence electrons. The molecule has 0 amide bonds. The largest absolute Gasteiger partial charge is 0.494 e. The third-order valence-corrected chi connectivity index (χ3v) is 3.54. The second-order valence-corrected chi connectivity index (χ2v) is 5.16. The molecular formula is C15H14ClFN2OS. The third-order valence-electron chi connectivity index (χ3n) is 2.93. The van der Waals surface area contributed by atoms with Crippen molar-refractivity contribution in [1.82, 2.24) is 0 Å². The van der Waals surface area contributed by atoms with Crippen LogP contribution in [0.15, 0.2) is 36.4 Å². The van der Waals surface area contributed by atoms with E-state index in [9.17, 15) is 4.39 Å². The topological polar surface area (TPSA) is 33.3 Å². The van der Waals surface area contributed by atoms with Crippen molar-refractivity contribution in [2.45, 2.75) is 6.92 Å². The summed E-state index contributed by atoms with van der Waals surface area (Å²) in [5.41, 5.74) is 2.23. The molecule has 2 aromatic rings. The summed E-state index contributed by atoms with van der Waals surface area (Å²) in [6.45, 7) is 1.89. The van der Waals surface area contributed by atoms with Gasteiger partial charge in [0.2, 0.25) is 0 Å². The Kier molecular flexibility index (Phi) is 4.98. The Labute approximate surface area is 133 Å². The van der Waals surface area contributed by atoms with Gasteiger partial charge in [-0.1, -0.05) is 17.7 Å². The summed E-state index contributed by atoms with van der Waals surface area (Å²) in [6.07, 6.45) is 0. The molecule has 0 aliphatic heterocycles. The van der Waals surface area contributed by atoms with E-state index >= 15 is 0 Å². The van der Waals surface area contributed by atoms with E-state index in [0.717, 1.165) is 11.3 Å². The summed E-state index contributed by atoms with van der Waals surface area (Å²) >= 11 is 11.3. The summed E-state index contributed by atoms with van der Waals surface area (Å²) in [5, 5.41) is 6.94. The van der Waals surface area contributed by atoms with Gasteiger partial charge < -0.3 is 15.4 Å². The number of thiocarbonyl (C=S) groups is 1. The van der Waals surface area contributed by atoms with E-state index in [4.69, 9.17) is 28.6 Å². The lowest BCUT2D eigenvalue weighted by molar-refractivity contribution is 0.387. The fourth-order valence-corrected chi connectivity index (χ4v) is 2.17. The lowest BCUT2D eigenvalue weighted by Crippen LogP contribution is -2.19. The fraction of sp³-hybridized carbons (Fsp3) is 0.133. The molecule has 0 aromatic heterocycles. The van der Waals surface area contributed by atoms with Crippen molar-refractivity contribution in [3.63, 3.8) is 0 Å². The van der Waals surface area contributed by atoms with Crippen LogP contribution in [0.1, 0.15) is 5.56 Å². The number of nitrogens with one attached hydrogen (secondary N) is 2. The summed E-state index contributed by atoms with van der Waals surface area (Å²) in [7, 11) is 1.42. The number of rotatable bonds is 3. The zero-order valence-electron chi connectivity index (χ0n) is 11.5. The SMILES string of the molecule is COc1ccc(NC(=S)Nc2cccc(Cl)c2C)cc1F. The van der Waals surface area contributed by atoms with Gasteiger partial charge in [0, 0.05) is 22.5 Å². The Morgan fingerprint density at radius 3 is 2.67 bits per heavy atom. The predicted octanol–water partition coefficient (Wildman–Crippen LogP) is 4.61. The van der Waals surface area contributed by atoms with E-state index in [-0.39, 0.29) is 5.75 Å². The van der Waals surface area contributed by atoms with Crippen LogP contribution in [0, 0.1) is 12.7 Å². The van der Waals surface area contributed by atoms with Gasteiger partial charge in [-0.25, -0.2) is 4.39 Å². The van der Waals surface area contributed by atoms with Crippen LogP contribution in [0.25, 0.3) is 0 Å². The average molecular weight is 325 g/mol. The summed E-state index contributed by atoms with van der Waals surface area (Å²) in [5.74, 6) is -0.269. The molecule has 0 heterocycles. The Bertz CT molecular complexity index is 679. The van der Waals surface area contributed by atoms with Gasteiger partial charge in [0.05, 0.1) is 7.11 Å². The maximum Gasteiger partial charge on any atom is 0.175 e. The molecular weight excluding hydrogens is 311 g/mol. The number of hydrogen-bond donors (Lipinski definition) is 2. The highest BCUT2D eigenvalue weighted by molar-refractivity contribution is 7.80. The third kappa shape index (κ3) is 3.83. The highest BCUT2D eigenvalue weighted by atomic mass is 35.5. The van der Waals surface area contributed by atoms with Gasteiger partial charge in [-0.15, -0.1) is 0 Å². The van der Waals surface area contributed by atoms with Gasteiger partial charge in [-0.3, -0.25) is 0 Å². The minimum atomic E-state index is -0.454.